The van der Waals surface area contributed by atoms with Gasteiger partial charge in [0.2, 0.25) is 0 Å². The van der Waals surface area contributed by atoms with Gasteiger partial charge in [0.25, 0.3) is 0 Å². The van der Waals surface area contributed by atoms with Crippen molar-refractivity contribution in [2.75, 3.05) is 21.1 Å². The van der Waals surface area contributed by atoms with Gasteiger partial charge in [0, 0.05) is 6.04 Å². The predicted octanol–water partition coefficient (Wildman–Crippen LogP) is 0.606. The summed E-state index contributed by atoms with van der Waals surface area (Å²) in [5, 5.41) is 0. The smallest absolute Gasteiger partial charge is 0.0853 e. The number of nitrogens with one attached hydrogen (secondary N) is 1. The Morgan fingerprint density at radius 2 is 1.50 bits per heavy atom. The second-order valence-corrected chi connectivity index (χ2v) is 3.30. The molecule has 0 aromatic heterocycles. The van der Waals surface area contributed by atoms with Gasteiger partial charge >= 0.3 is 0 Å². The van der Waals surface area contributed by atoms with E-state index in [9.17, 15) is 0 Å². The van der Waals surface area contributed by atoms with Gasteiger partial charge in [-0.3, -0.25) is 4.59 Å². The molecule has 1 N–H and O–H groups in total. The maximum Gasteiger partial charge on any atom is 0.0853 e. The summed E-state index contributed by atoms with van der Waals surface area (Å²) in [5.41, 5.74) is 3.32. The zero-order chi connectivity index (χ0) is 6.78. The van der Waals surface area contributed by atoms with Crippen LogP contribution in [0.5, 0.6) is 0 Å². The van der Waals surface area contributed by atoms with Crippen molar-refractivity contribution >= 4 is 0 Å². The summed E-state index contributed by atoms with van der Waals surface area (Å²) in [7, 11) is 6.33. The molecular formula is C6H17N2+. The third-order valence-corrected chi connectivity index (χ3v) is 0.645. The zero-order valence-corrected chi connectivity index (χ0v) is 6.52. The van der Waals surface area contributed by atoms with Crippen molar-refractivity contribution in [1.29, 1.82) is 0 Å². The van der Waals surface area contributed by atoms with E-state index in [1.54, 1.807) is 0 Å². The Labute approximate surface area is 52.1 Å². The first-order valence-electron chi connectivity index (χ1n) is 3.01. The summed E-state index contributed by atoms with van der Waals surface area (Å²) in [4.78, 5) is 0. The maximum absolute atomic E-state index is 3.32. The number of hydrogen-bond acceptors (Lipinski definition) is 1. The van der Waals surface area contributed by atoms with Crippen LogP contribution in [0.25, 0.3) is 0 Å². The Morgan fingerprint density at radius 3 is 1.50 bits per heavy atom. The van der Waals surface area contributed by atoms with E-state index in [0.717, 1.165) is 4.59 Å². The number of quaternary nitrogens is 1. The van der Waals surface area contributed by atoms with Crippen molar-refractivity contribution in [3.63, 3.8) is 0 Å². The molecule has 0 saturated heterocycles. The molecule has 2 nitrogen and oxygen atoms in total. The van der Waals surface area contributed by atoms with Gasteiger partial charge in [0.1, 0.15) is 0 Å². The van der Waals surface area contributed by atoms with Crippen LogP contribution in [-0.2, 0) is 0 Å². The molecule has 0 amide bonds. The molecule has 0 aromatic rings. The SMILES string of the molecule is CC(C)N[N+](C)(C)C. The van der Waals surface area contributed by atoms with Crippen molar-refractivity contribution in [3.05, 3.63) is 0 Å². The molecule has 0 radical (unpaired) electrons. The Balaban J connectivity index is 3.39. The monoisotopic (exact) mass is 117 g/mol. The minimum Gasteiger partial charge on any atom is -0.253 e. The lowest BCUT2D eigenvalue weighted by Crippen LogP contribution is -2.51. The van der Waals surface area contributed by atoms with Gasteiger partial charge in [-0.2, -0.15) is 5.43 Å². The Kier molecular flexibility index (Phi) is 2.44. The van der Waals surface area contributed by atoms with Gasteiger partial charge in [0.05, 0.1) is 21.1 Å². The van der Waals surface area contributed by atoms with Crippen LogP contribution < -0.4 is 5.43 Å². The third kappa shape index (κ3) is 5.92. The summed E-state index contributed by atoms with van der Waals surface area (Å²) < 4.78 is 0.831. The van der Waals surface area contributed by atoms with Crippen LogP contribution in [0.4, 0.5) is 0 Å². The summed E-state index contributed by atoms with van der Waals surface area (Å²) in [6.45, 7) is 4.28. The van der Waals surface area contributed by atoms with E-state index >= 15 is 0 Å². The van der Waals surface area contributed by atoms with Crippen LogP contribution in [0, 0.1) is 0 Å². The molecule has 0 bridgehead atoms. The van der Waals surface area contributed by atoms with Gasteiger partial charge in [-0.1, -0.05) is 0 Å². The molecule has 0 aromatic carbocycles. The first kappa shape index (κ1) is 7.92. The first-order valence-corrected chi connectivity index (χ1v) is 3.01. The first-order chi connectivity index (χ1) is 3.42. The van der Waals surface area contributed by atoms with Gasteiger partial charge in [-0.15, -0.1) is 0 Å². The van der Waals surface area contributed by atoms with Crippen LogP contribution in [0.15, 0.2) is 0 Å². The molecule has 2 heteroatoms. The quantitative estimate of drug-likeness (QED) is 0.412. The van der Waals surface area contributed by atoms with Crippen LogP contribution in [0.3, 0.4) is 0 Å². The predicted molar refractivity (Wildman–Crippen MR) is 36.3 cm³/mol. The summed E-state index contributed by atoms with van der Waals surface area (Å²) in [6, 6.07) is 0.565. The molecule has 0 unspecified atom stereocenters. The van der Waals surface area contributed by atoms with E-state index in [-0.39, 0.29) is 0 Å². The van der Waals surface area contributed by atoms with E-state index < -0.39 is 0 Å². The molecule has 8 heavy (non-hydrogen) atoms. The van der Waals surface area contributed by atoms with Crippen molar-refractivity contribution in [3.8, 4) is 0 Å². The van der Waals surface area contributed by atoms with E-state index in [4.69, 9.17) is 0 Å². The Hall–Kier alpha value is -0.0800. The fourth-order valence-corrected chi connectivity index (χ4v) is 0.775. The molecule has 0 saturated carbocycles. The minimum atomic E-state index is 0.565. The van der Waals surface area contributed by atoms with Crippen molar-refractivity contribution in [2.24, 2.45) is 0 Å². The highest BCUT2D eigenvalue weighted by Gasteiger charge is 2.06. The molecule has 0 atom stereocenters. The second-order valence-electron chi connectivity index (χ2n) is 3.30. The van der Waals surface area contributed by atoms with Crippen LogP contribution in [0.2, 0.25) is 0 Å². The van der Waals surface area contributed by atoms with Crippen molar-refractivity contribution in [2.45, 2.75) is 19.9 Å². The highest BCUT2D eigenvalue weighted by molar-refractivity contribution is 4.37. The highest BCUT2D eigenvalue weighted by Crippen LogP contribution is 1.85. The van der Waals surface area contributed by atoms with E-state index in [1.807, 2.05) is 0 Å². The third-order valence-electron chi connectivity index (χ3n) is 0.645. The number of nitrogens with zero attached hydrogens (tertiary/aromatic N) is 1. The van der Waals surface area contributed by atoms with Crippen LogP contribution >= 0.6 is 0 Å². The largest absolute Gasteiger partial charge is 0.253 e. The molecular weight excluding hydrogens is 100 g/mol. The standard InChI is InChI=1S/C6H17N2/c1-6(2)7-8(3,4)5/h6-7H,1-5H3/q+1. The molecule has 0 spiro atoms. The van der Waals surface area contributed by atoms with Crippen LogP contribution in [-0.4, -0.2) is 31.8 Å². The molecule has 0 fully saturated rings. The second kappa shape index (κ2) is 2.46. The molecule has 0 aliphatic heterocycles. The van der Waals surface area contributed by atoms with E-state index in [0.29, 0.717) is 6.04 Å². The lowest BCUT2D eigenvalue weighted by Gasteiger charge is -2.26. The van der Waals surface area contributed by atoms with Gasteiger partial charge in [-0.25, -0.2) is 0 Å². The molecule has 50 valence electrons. The molecule has 0 heterocycles. The van der Waals surface area contributed by atoms with Gasteiger partial charge in [-0.05, 0) is 13.8 Å². The lowest BCUT2D eigenvalue weighted by molar-refractivity contribution is -0.918. The Morgan fingerprint density at radius 1 is 1.12 bits per heavy atom. The fraction of sp³-hybridized carbons (Fsp3) is 1.00. The fourth-order valence-electron chi connectivity index (χ4n) is 0.775. The lowest BCUT2D eigenvalue weighted by atomic mass is 10.4. The van der Waals surface area contributed by atoms with Crippen molar-refractivity contribution in [1.82, 2.24) is 5.43 Å². The maximum atomic E-state index is 3.32. The summed E-state index contributed by atoms with van der Waals surface area (Å²) >= 11 is 0. The normalized spacial score (nSPS) is 12.8. The highest BCUT2D eigenvalue weighted by atomic mass is 15.6. The van der Waals surface area contributed by atoms with E-state index in [2.05, 4.69) is 40.4 Å². The number of hydrogen-bond donors (Lipinski definition) is 1. The van der Waals surface area contributed by atoms with E-state index in [1.165, 1.54) is 0 Å². The van der Waals surface area contributed by atoms with Gasteiger partial charge < -0.3 is 0 Å². The average molecular weight is 117 g/mol. The zero-order valence-electron chi connectivity index (χ0n) is 6.52. The topological polar surface area (TPSA) is 12.0 Å². The minimum absolute atomic E-state index is 0.565. The summed E-state index contributed by atoms with van der Waals surface area (Å²) in [5.74, 6) is 0. The van der Waals surface area contributed by atoms with Crippen molar-refractivity contribution < 1.29 is 4.59 Å². The summed E-state index contributed by atoms with van der Waals surface area (Å²) in [6.07, 6.45) is 0. The molecule has 0 aliphatic rings. The Bertz CT molecular complexity index is 61.4. The average Bonchev–Trinajstić information content (AvgIpc) is 1.21. The van der Waals surface area contributed by atoms with Gasteiger partial charge in [0.15, 0.2) is 0 Å². The number of rotatable bonds is 2. The molecule has 0 aliphatic carbocycles. The molecule has 0 rings (SSSR count). The van der Waals surface area contributed by atoms with Crippen LogP contribution in [0.1, 0.15) is 13.8 Å².